The summed E-state index contributed by atoms with van der Waals surface area (Å²) in [7, 11) is -2.44. The highest BCUT2D eigenvalue weighted by Crippen LogP contribution is 2.39. The van der Waals surface area contributed by atoms with E-state index in [2.05, 4.69) is 5.32 Å². The van der Waals surface area contributed by atoms with Crippen molar-refractivity contribution in [2.45, 2.75) is 17.9 Å². The van der Waals surface area contributed by atoms with Crippen molar-refractivity contribution in [1.29, 1.82) is 0 Å². The molecule has 0 saturated carbocycles. The minimum atomic E-state index is -3.96. The Morgan fingerprint density at radius 2 is 1.88 bits per heavy atom. The number of fused-ring (bicyclic) bond motifs is 1. The second kappa shape index (κ2) is 8.72. The first-order valence-electron chi connectivity index (χ1n) is 9.78. The zero-order valence-electron chi connectivity index (χ0n) is 17.4. The van der Waals surface area contributed by atoms with Gasteiger partial charge in [0.25, 0.3) is 15.9 Å². The zero-order valence-corrected chi connectivity index (χ0v) is 19.0. The van der Waals surface area contributed by atoms with E-state index in [4.69, 9.17) is 21.1 Å². The number of nitrogens with zero attached hydrogens (tertiary/aromatic N) is 1. The van der Waals surface area contributed by atoms with Gasteiger partial charge in [-0.25, -0.2) is 8.42 Å². The number of anilines is 2. The number of ether oxygens (including phenoxy) is 2. The summed E-state index contributed by atoms with van der Waals surface area (Å²) in [6, 6.07) is 18.0. The third kappa shape index (κ3) is 4.37. The van der Waals surface area contributed by atoms with Gasteiger partial charge in [-0.15, -0.1) is 0 Å². The number of aryl methyl sites for hydroxylation is 1. The molecule has 1 N–H and O–H groups in total. The molecule has 3 aromatic carbocycles. The Kier molecular flexibility index (Phi) is 5.99. The first-order valence-corrected chi connectivity index (χ1v) is 11.6. The van der Waals surface area contributed by atoms with Gasteiger partial charge in [0.1, 0.15) is 11.5 Å². The van der Waals surface area contributed by atoms with Crippen LogP contribution >= 0.6 is 11.6 Å². The number of halogens is 1. The molecule has 0 bridgehead atoms. The Balaban J connectivity index is 1.68. The lowest BCUT2D eigenvalue weighted by Gasteiger charge is -2.35. The number of hydrogen-bond acceptors (Lipinski definition) is 5. The summed E-state index contributed by atoms with van der Waals surface area (Å²) in [5.41, 5.74) is 1.72. The van der Waals surface area contributed by atoms with Crippen LogP contribution in [0.1, 0.15) is 5.56 Å². The summed E-state index contributed by atoms with van der Waals surface area (Å²) in [5.74, 6) is 0.348. The maximum Gasteiger partial charge on any atom is 0.267 e. The van der Waals surface area contributed by atoms with Crippen molar-refractivity contribution in [2.75, 3.05) is 23.3 Å². The largest absolute Gasteiger partial charge is 0.497 e. The van der Waals surface area contributed by atoms with Gasteiger partial charge in [0.15, 0.2) is 6.10 Å². The van der Waals surface area contributed by atoms with E-state index in [1.807, 2.05) is 6.92 Å². The van der Waals surface area contributed by atoms with Crippen LogP contribution in [0, 0.1) is 6.92 Å². The summed E-state index contributed by atoms with van der Waals surface area (Å²) in [6.07, 6.45) is -1.07. The number of sulfonamides is 1. The van der Waals surface area contributed by atoms with Crippen molar-refractivity contribution < 1.29 is 22.7 Å². The molecule has 1 aliphatic heterocycles. The van der Waals surface area contributed by atoms with Gasteiger partial charge in [0.2, 0.25) is 0 Å². The van der Waals surface area contributed by atoms with E-state index in [-0.39, 0.29) is 22.9 Å². The van der Waals surface area contributed by atoms with Gasteiger partial charge in [-0.1, -0.05) is 35.4 Å². The molecule has 0 aliphatic carbocycles. The van der Waals surface area contributed by atoms with Crippen molar-refractivity contribution in [3.8, 4) is 11.5 Å². The van der Waals surface area contributed by atoms with E-state index in [0.29, 0.717) is 16.5 Å². The average molecular weight is 473 g/mol. The van der Waals surface area contributed by atoms with Crippen molar-refractivity contribution in [3.05, 3.63) is 77.3 Å². The molecule has 0 radical (unpaired) electrons. The monoisotopic (exact) mass is 472 g/mol. The van der Waals surface area contributed by atoms with Crippen LogP contribution in [0.15, 0.2) is 71.6 Å². The van der Waals surface area contributed by atoms with Crippen LogP contribution in [0.3, 0.4) is 0 Å². The predicted molar refractivity (Wildman–Crippen MR) is 123 cm³/mol. The standard InChI is InChI=1S/C23H21ClN2O5S/c1-15-6-9-19(10-7-15)32(28,29)26-14-22(31-21-11-8-16(24)12-20(21)26)23(27)25-17-4-3-5-18(13-17)30-2/h3-13,22H,14H2,1-2H3,(H,25,27). The fourth-order valence-electron chi connectivity index (χ4n) is 3.35. The maximum atomic E-state index is 13.5. The lowest BCUT2D eigenvalue weighted by atomic mass is 10.2. The number of rotatable bonds is 5. The minimum absolute atomic E-state index is 0.114. The first-order chi connectivity index (χ1) is 15.3. The van der Waals surface area contributed by atoms with Gasteiger partial charge in [0, 0.05) is 16.8 Å². The molecule has 7 nitrogen and oxygen atoms in total. The number of carbonyl (C=O) groups excluding carboxylic acids is 1. The molecule has 1 unspecified atom stereocenters. The van der Waals surface area contributed by atoms with Crippen LogP contribution in [0.2, 0.25) is 5.02 Å². The second-order valence-electron chi connectivity index (χ2n) is 7.29. The molecule has 0 aromatic heterocycles. The third-order valence-corrected chi connectivity index (χ3v) is 7.06. The van der Waals surface area contributed by atoms with Gasteiger partial charge in [-0.3, -0.25) is 9.10 Å². The van der Waals surface area contributed by atoms with Gasteiger partial charge in [-0.05, 0) is 49.4 Å². The van der Waals surface area contributed by atoms with Crippen LogP contribution in [-0.2, 0) is 14.8 Å². The van der Waals surface area contributed by atoms with E-state index < -0.39 is 22.0 Å². The molecule has 1 heterocycles. The quantitative estimate of drug-likeness (QED) is 0.600. The normalized spacial score (nSPS) is 15.5. The topological polar surface area (TPSA) is 84.9 Å². The summed E-state index contributed by atoms with van der Waals surface area (Å²) in [4.78, 5) is 13.1. The van der Waals surface area contributed by atoms with E-state index in [1.54, 1.807) is 48.5 Å². The van der Waals surface area contributed by atoms with Gasteiger partial charge >= 0.3 is 0 Å². The molecule has 0 saturated heterocycles. The predicted octanol–water partition coefficient (Wildman–Crippen LogP) is 4.25. The Morgan fingerprint density at radius 1 is 1.12 bits per heavy atom. The van der Waals surface area contributed by atoms with Crippen LogP contribution in [0.5, 0.6) is 11.5 Å². The fourth-order valence-corrected chi connectivity index (χ4v) is 4.98. The molecule has 166 valence electrons. The van der Waals surface area contributed by atoms with Crippen molar-refractivity contribution >= 4 is 38.9 Å². The van der Waals surface area contributed by atoms with Gasteiger partial charge < -0.3 is 14.8 Å². The molecule has 1 amide bonds. The molecule has 1 atom stereocenters. The van der Waals surface area contributed by atoms with Gasteiger partial charge in [-0.2, -0.15) is 0 Å². The van der Waals surface area contributed by atoms with Crippen molar-refractivity contribution in [2.24, 2.45) is 0 Å². The molecule has 32 heavy (non-hydrogen) atoms. The SMILES string of the molecule is COc1cccc(NC(=O)C2CN(S(=O)(=O)c3ccc(C)cc3)c3cc(Cl)ccc3O2)c1. The number of benzene rings is 3. The Labute approximate surface area is 191 Å². The van der Waals surface area contributed by atoms with Crippen LogP contribution in [0.4, 0.5) is 11.4 Å². The lowest BCUT2D eigenvalue weighted by Crippen LogP contribution is -2.48. The Morgan fingerprint density at radius 3 is 2.59 bits per heavy atom. The molecule has 0 fully saturated rings. The summed E-state index contributed by atoms with van der Waals surface area (Å²) in [6.45, 7) is 1.67. The van der Waals surface area contributed by atoms with Crippen molar-refractivity contribution in [3.63, 3.8) is 0 Å². The third-order valence-electron chi connectivity index (χ3n) is 5.03. The van der Waals surface area contributed by atoms with Gasteiger partial charge in [0.05, 0.1) is 24.2 Å². The number of carbonyl (C=O) groups is 1. The minimum Gasteiger partial charge on any atom is -0.497 e. The Hall–Kier alpha value is -3.23. The fraction of sp³-hybridized carbons (Fsp3) is 0.174. The van der Waals surface area contributed by atoms with E-state index in [0.717, 1.165) is 9.87 Å². The number of methoxy groups -OCH3 is 1. The van der Waals surface area contributed by atoms with E-state index >= 15 is 0 Å². The lowest BCUT2D eigenvalue weighted by molar-refractivity contribution is -0.122. The van der Waals surface area contributed by atoms with E-state index in [9.17, 15) is 13.2 Å². The zero-order chi connectivity index (χ0) is 22.9. The summed E-state index contributed by atoms with van der Waals surface area (Å²) < 4.78 is 39.1. The smallest absolute Gasteiger partial charge is 0.267 e. The molecular formula is C23H21ClN2O5S. The Bertz CT molecular complexity index is 1260. The number of amides is 1. The van der Waals surface area contributed by atoms with E-state index in [1.165, 1.54) is 25.3 Å². The summed E-state index contributed by atoms with van der Waals surface area (Å²) >= 11 is 6.13. The first kappa shape index (κ1) is 22.0. The van der Waals surface area contributed by atoms with Crippen molar-refractivity contribution in [1.82, 2.24) is 0 Å². The highest BCUT2D eigenvalue weighted by atomic mass is 35.5. The molecule has 0 spiro atoms. The highest BCUT2D eigenvalue weighted by Gasteiger charge is 2.37. The molecular weight excluding hydrogens is 452 g/mol. The second-order valence-corrected chi connectivity index (χ2v) is 9.59. The molecule has 4 rings (SSSR count). The van der Waals surface area contributed by atoms with Crippen LogP contribution in [-0.4, -0.2) is 34.1 Å². The van der Waals surface area contributed by atoms with Crippen LogP contribution in [0.25, 0.3) is 0 Å². The highest BCUT2D eigenvalue weighted by molar-refractivity contribution is 7.92. The molecule has 1 aliphatic rings. The van der Waals surface area contributed by atoms with Crippen LogP contribution < -0.4 is 19.1 Å². The number of nitrogens with one attached hydrogen (secondary N) is 1. The average Bonchev–Trinajstić information content (AvgIpc) is 2.78. The molecule has 3 aromatic rings. The number of hydrogen-bond donors (Lipinski definition) is 1. The maximum absolute atomic E-state index is 13.5. The molecule has 9 heteroatoms. The summed E-state index contributed by atoms with van der Waals surface area (Å²) in [5, 5.41) is 3.11.